The zero-order chi connectivity index (χ0) is 19.6. The van der Waals surface area contributed by atoms with E-state index in [-0.39, 0.29) is 5.91 Å². The van der Waals surface area contributed by atoms with Crippen LogP contribution in [0.1, 0.15) is 35.8 Å². The molecule has 0 saturated carbocycles. The molecule has 0 unspecified atom stereocenters. The normalized spacial score (nSPS) is 11.1. The number of hydrogen-bond acceptors (Lipinski definition) is 4. The second-order valence-electron chi connectivity index (χ2n) is 6.52. The van der Waals surface area contributed by atoms with Gasteiger partial charge in [0, 0.05) is 39.6 Å². The molecule has 27 heavy (non-hydrogen) atoms. The number of rotatable bonds is 6. The topological polar surface area (TPSA) is 90.9 Å². The number of amides is 1. The quantitative estimate of drug-likeness (QED) is 0.706. The van der Waals surface area contributed by atoms with Crippen molar-refractivity contribution in [2.75, 3.05) is 0 Å². The van der Waals surface area contributed by atoms with Crippen LogP contribution in [0.5, 0.6) is 0 Å². The van der Waals surface area contributed by atoms with Gasteiger partial charge in [-0.3, -0.25) is 23.7 Å². The molecule has 0 aromatic carbocycles. The van der Waals surface area contributed by atoms with Crippen molar-refractivity contribution in [1.82, 2.24) is 24.0 Å². The fourth-order valence-corrected chi connectivity index (χ4v) is 3.15. The number of nitrogens with zero attached hydrogens (tertiary/aromatic N) is 4. The maximum Gasteiger partial charge on any atom is 0.332 e. The smallest absolute Gasteiger partial charge is 0.332 e. The van der Waals surface area contributed by atoms with Crippen LogP contribution in [0, 0.1) is 0 Å². The number of carbonyl (C=O) groups is 1. The van der Waals surface area contributed by atoms with E-state index in [1.807, 2.05) is 13.0 Å². The Morgan fingerprint density at radius 3 is 2.67 bits per heavy atom. The van der Waals surface area contributed by atoms with Crippen LogP contribution in [0.25, 0.3) is 11.0 Å². The Hall–Kier alpha value is -3.16. The number of carbonyl (C=O) groups excluding carboxylic acids is 1. The highest BCUT2D eigenvalue weighted by Gasteiger charge is 2.20. The van der Waals surface area contributed by atoms with Gasteiger partial charge in [0.05, 0.1) is 5.39 Å². The Bertz CT molecular complexity index is 1090. The van der Waals surface area contributed by atoms with E-state index >= 15 is 0 Å². The summed E-state index contributed by atoms with van der Waals surface area (Å²) < 4.78 is 4.24. The third kappa shape index (κ3) is 3.42. The Morgan fingerprint density at radius 1 is 1.22 bits per heavy atom. The number of nitrogens with one attached hydrogen (secondary N) is 1. The van der Waals surface area contributed by atoms with Crippen LogP contribution in [-0.2, 0) is 27.2 Å². The first-order valence-electron chi connectivity index (χ1n) is 8.92. The van der Waals surface area contributed by atoms with Gasteiger partial charge in [-0.1, -0.05) is 19.4 Å². The first-order valence-corrected chi connectivity index (χ1v) is 8.92. The maximum absolute atomic E-state index is 12.8. The molecule has 8 nitrogen and oxygen atoms in total. The number of aromatic nitrogens is 4. The van der Waals surface area contributed by atoms with Gasteiger partial charge < -0.3 is 9.88 Å². The fraction of sp³-hybridized carbons (Fsp3) is 0.368. The van der Waals surface area contributed by atoms with E-state index in [1.165, 1.54) is 11.6 Å². The molecule has 0 spiro atoms. The third-order valence-corrected chi connectivity index (χ3v) is 4.64. The summed E-state index contributed by atoms with van der Waals surface area (Å²) in [5.74, 6) is -0.291. The molecule has 3 aromatic rings. The number of unbranched alkanes of at least 4 members (excludes halogenated alkanes) is 1. The molecule has 0 aliphatic carbocycles. The third-order valence-electron chi connectivity index (χ3n) is 4.64. The molecule has 3 heterocycles. The lowest BCUT2D eigenvalue weighted by Crippen LogP contribution is -2.37. The Labute approximate surface area is 156 Å². The summed E-state index contributed by atoms with van der Waals surface area (Å²) in [5.41, 5.74) is 0.921. The summed E-state index contributed by atoms with van der Waals surface area (Å²) in [7, 11) is 3.06. The predicted octanol–water partition coefficient (Wildman–Crippen LogP) is 1.16. The monoisotopic (exact) mass is 369 g/mol. The van der Waals surface area contributed by atoms with Gasteiger partial charge in [0.1, 0.15) is 11.3 Å². The van der Waals surface area contributed by atoms with Gasteiger partial charge in [-0.2, -0.15) is 0 Å². The van der Waals surface area contributed by atoms with Gasteiger partial charge >= 0.3 is 5.69 Å². The molecule has 0 atom stereocenters. The molecule has 3 rings (SSSR count). The van der Waals surface area contributed by atoms with Crippen LogP contribution < -0.4 is 16.6 Å². The minimum absolute atomic E-state index is 0.291. The number of pyridine rings is 1. The van der Waals surface area contributed by atoms with Crippen LogP contribution in [0.2, 0.25) is 0 Å². The average molecular weight is 369 g/mol. The average Bonchev–Trinajstić information content (AvgIpc) is 3.07. The van der Waals surface area contributed by atoms with E-state index in [1.54, 1.807) is 36.1 Å². The zero-order valence-corrected chi connectivity index (χ0v) is 15.7. The number of fused-ring (bicyclic) bond motifs is 1. The van der Waals surface area contributed by atoms with E-state index in [0.29, 0.717) is 29.8 Å². The lowest BCUT2D eigenvalue weighted by Gasteiger charge is -2.12. The van der Waals surface area contributed by atoms with Crippen molar-refractivity contribution in [2.24, 2.45) is 14.1 Å². The van der Waals surface area contributed by atoms with Gasteiger partial charge in [-0.05, 0) is 24.1 Å². The summed E-state index contributed by atoms with van der Waals surface area (Å²) in [4.78, 5) is 41.7. The minimum atomic E-state index is -0.411. The van der Waals surface area contributed by atoms with Gasteiger partial charge in [0.15, 0.2) is 0 Å². The van der Waals surface area contributed by atoms with Crippen LogP contribution in [0.4, 0.5) is 0 Å². The molecule has 8 heteroatoms. The SMILES string of the molecule is CCCCn1c(C(=O)NCc2cccnc2)cc2c(=O)n(C)c(=O)n(C)c21. The van der Waals surface area contributed by atoms with Gasteiger partial charge in [0.25, 0.3) is 11.5 Å². The van der Waals surface area contributed by atoms with Crippen molar-refractivity contribution in [3.63, 3.8) is 0 Å². The van der Waals surface area contributed by atoms with E-state index < -0.39 is 11.2 Å². The molecule has 1 amide bonds. The van der Waals surface area contributed by atoms with Gasteiger partial charge in [-0.25, -0.2) is 4.79 Å². The highest BCUT2D eigenvalue weighted by atomic mass is 16.2. The molecular formula is C19H23N5O3. The van der Waals surface area contributed by atoms with E-state index in [2.05, 4.69) is 10.3 Å². The van der Waals surface area contributed by atoms with Crippen molar-refractivity contribution in [2.45, 2.75) is 32.9 Å². The molecule has 3 aromatic heterocycles. The molecule has 142 valence electrons. The van der Waals surface area contributed by atoms with E-state index in [0.717, 1.165) is 23.0 Å². The van der Waals surface area contributed by atoms with Crippen LogP contribution >= 0.6 is 0 Å². The molecule has 0 bridgehead atoms. The molecule has 1 N–H and O–H groups in total. The zero-order valence-electron chi connectivity index (χ0n) is 15.7. The van der Waals surface area contributed by atoms with Gasteiger partial charge in [0.2, 0.25) is 0 Å². The number of hydrogen-bond donors (Lipinski definition) is 1. The summed E-state index contributed by atoms with van der Waals surface area (Å²) in [5, 5.41) is 3.23. The molecule has 0 radical (unpaired) electrons. The first-order chi connectivity index (χ1) is 13.0. The second kappa shape index (κ2) is 7.61. The second-order valence-corrected chi connectivity index (χ2v) is 6.52. The summed E-state index contributed by atoms with van der Waals surface area (Å²) in [6.07, 6.45) is 5.11. The van der Waals surface area contributed by atoms with E-state index in [9.17, 15) is 14.4 Å². The Balaban J connectivity index is 2.07. The Kier molecular flexibility index (Phi) is 5.25. The first kappa shape index (κ1) is 18.6. The predicted molar refractivity (Wildman–Crippen MR) is 103 cm³/mol. The van der Waals surface area contributed by atoms with E-state index in [4.69, 9.17) is 0 Å². The summed E-state index contributed by atoms with van der Waals surface area (Å²) in [6, 6.07) is 5.25. The fourth-order valence-electron chi connectivity index (χ4n) is 3.15. The van der Waals surface area contributed by atoms with Crippen molar-refractivity contribution < 1.29 is 4.79 Å². The summed E-state index contributed by atoms with van der Waals surface area (Å²) >= 11 is 0. The van der Waals surface area contributed by atoms with Crippen LogP contribution in [0.15, 0.2) is 40.2 Å². The molecular weight excluding hydrogens is 346 g/mol. The maximum atomic E-state index is 12.8. The lowest BCUT2D eigenvalue weighted by atomic mass is 10.2. The lowest BCUT2D eigenvalue weighted by molar-refractivity contribution is 0.0941. The van der Waals surface area contributed by atoms with Crippen molar-refractivity contribution in [3.8, 4) is 0 Å². The van der Waals surface area contributed by atoms with Crippen molar-refractivity contribution >= 4 is 16.9 Å². The molecule has 0 fully saturated rings. The molecule has 0 aliphatic rings. The van der Waals surface area contributed by atoms with Crippen molar-refractivity contribution in [1.29, 1.82) is 0 Å². The standard InChI is InChI=1S/C19H23N5O3/c1-4-5-9-24-15(16(25)21-12-13-7-6-8-20-11-13)10-14-17(24)22(2)19(27)23(3)18(14)26/h6-8,10-11H,4-5,9,12H2,1-3H3,(H,21,25). The van der Waals surface area contributed by atoms with Gasteiger partial charge in [-0.15, -0.1) is 0 Å². The Morgan fingerprint density at radius 2 is 2.00 bits per heavy atom. The highest BCUT2D eigenvalue weighted by molar-refractivity contribution is 5.97. The summed E-state index contributed by atoms with van der Waals surface area (Å²) in [6.45, 7) is 2.93. The highest BCUT2D eigenvalue weighted by Crippen LogP contribution is 2.17. The minimum Gasteiger partial charge on any atom is -0.347 e. The molecule has 0 aliphatic heterocycles. The van der Waals surface area contributed by atoms with Crippen LogP contribution in [0.3, 0.4) is 0 Å². The molecule has 0 saturated heterocycles. The van der Waals surface area contributed by atoms with Crippen molar-refractivity contribution in [3.05, 3.63) is 62.7 Å². The number of aryl methyl sites for hydroxylation is 2. The van der Waals surface area contributed by atoms with Crippen LogP contribution in [-0.4, -0.2) is 24.6 Å². The largest absolute Gasteiger partial charge is 0.347 e.